The van der Waals surface area contributed by atoms with Crippen LogP contribution < -0.4 is 4.74 Å². The molecule has 0 atom stereocenters. The van der Waals surface area contributed by atoms with Gasteiger partial charge >= 0.3 is 0 Å². The fourth-order valence-electron chi connectivity index (χ4n) is 1.73. The number of hydrogen-bond donors (Lipinski definition) is 1. The van der Waals surface area contributed by atoms with Crippen molar-refractivity contribution in [2.75, 3.05) is 20.2 Å². The topological polar surface area (TPSA) is 110 Å². The molecule has 9 heteroatoms. The maximum atomic E-state index is 12.2. The predicted molar refractivity (Wildman–Crippen MR) is 64.4 cm³/mol. The van der Waals surface area contributed by atoms with Gasteiger partial charge in [-0.3, -0.25) is 10.1 Å². The van der Waals surface area contributed by atoms with E-state index >= 15 is 0 Å². The Labute approximate surface area is 109 Å². The standard InChI is InChI=1S/C10H12N2O6S/c1-18-9-4-7(12(14)15)2-3-10(9)19(16,17)11-5-8(13)6-11/h2-4,8,13H,5-6H2,1H3. The Morgan fingerprint density at radius 3 is 2.58 bits per heavy atom. The predicted octanol–water partition coefficient (Wildman–Crippen LogP) is -0.0314. The van der Waals surface area contributed by atoms with Crippen LogP contribution in [0, 0.1) is 10.1 Å². The summed E-state index contributed by atoms with van der Waals surface area (Å²) in [5.74, 6) is -0.0874. The van der Waals surface area contributed by atoms with Gasteiger partial charge in [-0.25, -0.2) is 8.42 Å². The molecule has 1 heterocycles. The highest BCUT2D eigenvalue weighted by Gasteiger charge is 2.37. The third-order valence-electron chi connectivity index (χ3n) is 2.80. The molecule has 0 radical (unpaired) electrons. The average Bonchev–Trinajstić information content (AvgIpc) is 2.33. The first-order valence-electron chi connectivity index (χ1n) is 5.37. The van der Waals surface area contributed by atoms with Gasteiger partial charge in [-0.2, -0.15) is 4.31 Å². The molecule has 0 spiro atoms. The molecule has 1 aliphatic heterocycles. The van der Waals surface area contributed by atoms with Gasteiger partial charge < -0.3 is 9.84 Å². The van der Waals surface area contributed by atoms with Crippen LogP contribution in [0.2, 0.25) is 0 Å². The molecule has 0 saturated carbocycles. The minimum absolute atomic E-state index is 0.0163. The normalized spacial score (nSPS) is 16.9. The fraction of sp³-hybridized carbons (Fsp3) is 0.400. The van der Waals surface area contributed by atoms with Crippen molar-refractivity contribution >= 4 is 15.7 Å². The lowest BCUT2D eigenvalue weighted by atomic mass is 10.2. The van der Waals surface area contributed by atoms with Gasteiger partial charge in [-0.15, -0.1) is 0 Å². The van der Waals surface area contributed by atoms with Crippen LogP contribution in [0.25, 0.3) is 0 Å². The first-order valence-corrected chi connectivity index (χ1v) is 6.81. The molecule has 0 amide bonds. The number of hydrogen-bond acceptors (Lipinski definition) is 6. The van der Waals surface area contributed by atoms with Gasteiger partial charge in [0.25, 0.3) is 5.69 Å². The smallest absolute Gasteiger partial charge is 0.273 e. The monoisotopic (exact) mass is 288 g/mol. The second kappa shape index (κ2) is 4.76. The lowest BCUT2D eigenvalue weighted by Gasteiger charge is -2.34. The number of nitro benzene ring substituents is 1. The molecular formula is C10H12N2O6S. The van der Waals surface area contributed by atoms with Gasteiger partial charge in [-0.05, 0) is 6.07 Å². The Hall–Kier alpha value is -1.71. The Bertz CT molecular complexity index is 608. The number of rotatable bonds is 4. The maximum absolute atomic E-state index is 12.2. The molecule has 104 valence electrons. The van der Waals surface area contributed by atoms with E-state index in [1.807, 2.05) is 0 Å². The van der Waals surface area contributed by atoms with Crippen molar-refractivity contribution in [2.24, 2.45) is 0 Å². The van der Waals surface area contributed by atoms with Crippen LogP contribution in [0.5, 0.6) is 5.75 Å². The van der Waals surface area contributed by atoms with Gasteiger partial charge in [0.15, 0.2) is 0 Å². The SMILES string of the molecule is COc1cc([N+](=O)[O-])ccc1S(=O)(=O)N1CC(O)C1. The summed E-state index contributed by atoms with van der Waals surface area (Å²) in [5, 5.41) is 19.8. The van der Waals surface area contributed by atoms with Crippen LogP contribution in [0.4, 0.5) is 5.69 Å². The summed E-state index contributed by atoms with van der Waals surface area (Å²) < 4.78 is 30.4. The fourth-order valence-corrected chi connectivity index (χ4v) is 3.39. The highest BCUT2D eigenvalue weighted by Crippen LogP contribution is 2.32. The molecule has 1 aliphatic rings. The van der Waals surface area contributed by atoms with Crippen molar-refractivity contribution in [3.8, 4) is 5.75 Å². The summed E-state index contributed by atoms with van der Waals surface area (Å²) in [6.45, 7) is 0.0327. The lowest BCUT2D eigenvalue weighted by molar-refractivity contribution is -0.385. The summed E-state index contributed by atoms with van der Waals surface area (Å²) in [6.07, 6.45) is -0.668. The van der Waals surface area contributed by atoms with Crippen molar-refractivity contribution < 1.29 is 23.2 Å². The zero-order valence-corrected chi connectivity index (χ0v) is 10.8. The van der Waals surface area contributed by atoms with Gasteiger partial charge in [-0.1, -0.05) is 0 Å². The molecule has 0 aliphatic carbocycles. The Morgan fingerprint density at radius 2 is 2.11 bits per heavy atom. The first-order chi connectivity index (χ1) is 8.86. The summed E-state index contributed by atoms with van der Waals surface area (Å²) in [4.78, 5) is 9.85. The molecule has 0 aromatic heterocycles. The van der Waals surface area contributed by atoms with E-state index in [1.54, 1.807) is 0 Å². The van der Waals surface area contributed by atoms with Crippen molar-refractivity contribution in [1.29, 1.82) is 0 Å². The Morgan fingerprint density at radius 1 is 1.47 bits per heavy atom. The third-order valence-corrected chi connectivity index (χ3v) is 4.68. The molecule has 1 saturated heterocycles. The number of sulfonamides is 1. The van der Waals surface area contributed by atoms with Crippen LogP contribution in [0.1, 0.15) is 0 Å². The second-order valence-corrected chi connectivity index (χ2v) is 5.97. The van der Waals surface area contributed by atoms with E-state index in [-0.39, 0.29) is 29.4 Å². The molecule has 2 rings (SSSR count). The van der Waals surface area contributed by atoms with E-state index in [9.17, 15) is 18.5 Å². The van der Waals surface area contributed by atoms with E-state index in [0.29, 0.717) is 0 Å². The number of aliphatic hydroxyl groups excluding tert-OH is 1. The number of nitrogens with zero attached hydrogens (tertiary/aromatic N) is 2. The number of β-amino-alcohol motifs (C(OH)–C–C–N with tert-alkyl or cyclic N) is 1. The zero-order chi connectivity index (χ0) is 14.2. The summed E-state index contributed by atoms with van der Waals surface area (Å²) >= 11 is 0. The van der Waals surface area contributed by atoms with Crippen molar-refractivity contribution in [3.05, 3.63) is 28.3 Å². The largest absolute Gasteiger partial charge is 0.495 e. The van der Waals surface area contributed by atoms with Crippen LogP contribution in [0.3, 0.4) is 0 Å². The highest BCUT2D eigenvalue weighted by molar-refractivity contribution is 7.89. The van der Waals surface area contributed by atoms with E-state index in [1.165, 1.54) is 7.11 Å². The molecule has 1 N–H and O–H groups in total. The number of non-ortho nitro benzene ring substituents is 1. The van der Waals surface area contributed by atoms with Crippen LogP contribution in [-0.4, -0.2) is 49.1 Å². The minimum atomic E-state index is -3.79. The van der Waals surface area contributed by atoms with E-state index in [4.69, 9.17) is 9.84 Å². The van der Waals surface area contributed by atoms with Gasteiger partial charge in [0.05, 0.1) is 24.2 Å². The Balaban J connectivity index is 2.42. The molecule has 0 bridgehead atoms. The molecule has 0 unspecified atom stereocenters. The third kappa shape index (κ3) is 2.39. The number of methoxy groups -OCH3 is 1. The van der Waals surface area contributed by atoms with Crippen LogP contribution >= 0.6 is 0 Å². The Kier molecular flexibility index (Phi) is 3.43. The van der Waals surface area contributed by atoms with E-state index in [0.717, 1.165) is 22.5 Å². The van der Waals surface area contributed by atoms with Crippen molar-refractivity contribution in [1.82, 2.24) is 4.31 Å². The number of benzene rings is 1. The average molecular weight is 288 g/mol. The molecule has 1 aromatic rings. The number of aliphatic hydroxyl groups is 1. The zero-order valence-electron chi connectivity index (χ0n) is 10.0. The van der Waals surface area contributed by atoms with E-state index in [2.05, 4.69) is 0 Å². The van der Waals surface area contributed by atoms with Gasteiger partial charge in [0.2, 0.25) is 10.0 Å². The summed E-state index contributed by atoms with van der Waals surface area (Å²) in [7, 11) is -2.56. The van der Waals surface area contributed by atoms with Gasteiger partial charge in [0.1, 0.15) is 10.6 Å². The maximum Gasteiger partial charge on any atom is 0.273 e. The lowest BCUT2D eigenvalue weighted by Crippen LogP contribution is -2.53. The second-order valence-electron chi connectivity index (χ2n) is 4.07. The van der Waals surface area contributed by atoms with Crippen LogP contribution in [0.15, 0.2) is 23.1 Å². The quantitative estimate of drug-likeness (QED) is 0.615. The molecule has 1 fully saturated rings. The van der Waals surface area contributed by atoms with Gasteiger partial charge in [0, 0.05) is 19.2 Å². The van der Waals surface area contributed by atoms with Crippen LogP contribution in [-0.2, 0) is 10.0 Å². The van der Waals surface area contributed by atoms with E-state index < -0.39 is 21.1 Å². The molecular weight excluding hydrogens is 276 g/mol. The molecule has 1 aromatic carbocycles. The van der Waals surface area contributed by atoms with Crippen molar-refractivity contribution in [2.45, 2.75) is 11.0 Å². The number of ether oxygens (including phenoxy) is 1. The first kappa shape index (κ1) is 13.7. The molecule has 19 heavy (non-hydrogen) atoms. The summed E-state index contributed by atoms with van der Waals surface area (Å²) in [5.41, 5.74) is -0.251. The van der Waals surface area contributed by atoms with Crippen molar-refractivity contribution in [3.63, 3.8) is 0 Å². The number of nitro groups is 1. The minimum Gasteiger partial charge on any atom is -0.495 e. The molecule has 8 nitrogen and oxygen atoms in total. The summed E-state index contributed by atoms with van der Waals surface area (Å²) in [6, 6.07) is 3.30. The highest BCUT2D eigenvalue weighted by atomic mass is 32.2.